The van der Waals surface area contributed by atoms with E-state index < -0.39 is 0 Å². The van der Waals surface area contributed by atoms with Crippen molar-refractivity contribution in [3.63, 3.8) is 0 Å². The van der Waals surface area contributed by atoms with E-state index in [0.717, 1.165) is 39.1 Å². The molecule has 1 aliphatic heterocycles. The van der Waals surface area contributed by atoms with Gasteiger partial charge in [-0.15, -0.1) is 0 Å². The Kier molecular flexibility index (Phi) is 4.47. The average molecular weight is 259 g/mol. The molecule has 1 saturated heterocycles. The quantitative estimate of drug-likeness (QED) is 0.896. The number of hydrogen-bond acceptors (Lipinski definition) is 2. The average Bonchev–Trinajstić information content (AvgIpc) is 2.32. The monoisotopic (exact) mass is 258 g/mol. The van der Waals surface area contributed by atoms with Crippen molar-refractivity contribution >= 4 is 23.2 Å². The van der Waals surface area contributed by atoms with E-state index in [4.69, 9.17) is 23.2 Å². The zero-order valence-corrected chi connectivity index (χ0v) is 10.7. The predicted octanol–water partition coefficient (Wildman–Crippen LogP) is 2.44. The van der Waals surface area contributed by atoms with Gasteiger partial charge < -0.3 is 10.2 Å². The number of rotatable bonds is 3. The number of nitrogens with one attached hydrogen (secondary N) is 1. The minimum Gasteiger partial charge on any atom is -0.314 e. The summed E-state index contributed by atoms with van der Waals surface area (Å²) in [6.45, 7) is 5.57. The van der Waals surface area contributed by atoms with Gasteiger partial charge in [0.15, 0.2) is 0 Å². The highest BCUT2D eigenvalue weighted by atomic mass is 35.5. The molecule has 16 heavy (non-hydrogen) atoms. The van der Waals surface area contributed by atoms with E-state index in [1.54, 1.807) is 0 Å². The largest absolute Gasteiger partial charge is 0.314 e. The molecule has 0 radical (unpaired) electrons. The van der Waals surface area contributed by atoms with Crippen molar-refractivity contribution in [3.05, 3.63) is 33.8 Å². The molecule has 2 rings (SSSR count). The van der Waals surface area contributed by atoms with Gasteiger partial charge in [0.2, 0.25) is 0 Å². The first-order valence-corrected chi connectivity index (χ1v) is 6.38. The first kappa shape index (κ1) is 12.2. The molecule has 0 bridgehead atoms. The van der Waals surface area contributed by atoms with Gasteiger partial charge in [-0.05, 0) is 24.1 Å². The van der Waals surface area contributed by atoms with Crippen LogP contribution in [0.25, 0.3) is 0 Å². The highest BCUT2D eigenvalue weighted by Crippen LogP contribution is 2.22. The lowest BCUT2D eigenvalue weighted by molar-refractivity contribution is 0.244. The number of nitrogens with zero attached hydrogens (tertiary/aromatic N) is 1. The summed E-state index contributed by atoms with van der Waals surface area (Å²) in [5, 5.41) is 4.63. The Morgan fingerprint density at radius 1 is 1.12 bits per heavy atom. The van der Waals surface area contributed by atoms with Gasteiger partial charge in [0, 0.05) is 32.7 Å². The van der Waals surface area contributed by atoms with E-state index in [9.17, 15) is 0 Å². The molecule has 0 unspecified atom stereocenters. The van der Waals surface area contributed by atoms with E-state index in [-0.39, 0.29) is 0 Å². The van der Waals surface area contributed by atoms with Gasteiger partial charge in [-0.25, -0.2) is 0 Å². The fourth-order valence-corrected chi connectivity index (χ4v) is 2.24. The summed E-state index contributed by atoms with van der Waals surface area (Å²) in [6.07, 6.45) is 1.04. The van der Waals surface area contributed by atoms with Crippen molar-refractivity contribution in [2.45, 2.75) is 6.42 Å². The van der Waals surface area contributed by atoms with Crippen molar-refractivity contribution < 1.29 is 0 Å². The maximum absolute atomic E-state index is 5.98. The van der Waals surface area contributed by atoms with E-state index in [1.807, 2.05) is 12.1 Å². The Morgan fingerprint density at radius 3 is 2.56 bits per heavy atom. The van der Waals surface area contributed by atoms with Crippen LogP contribution in [0, 0.1) is 0 Å². The zero-order valence-electron chi connectivity index (χ0n) is 9.18. The summed E-state index contributed by atoms with van der Waals surface area (Å²) in [5.41, 5.74) is 1.26. The maximum atomic E-state index is 5.98. The van der Waals surface area contributed by atoms with Crippen molar-refractivity contribution in [2.24, 2.45) is 0 Å². The van der Waals surface area contributed by atoms with Gasteiger partial charge in [0.1, 0.15) is 0 Å². The first-order valence-electron chi connectivity index (χ1n) is 5.63. The lowest BCUT2D eigenvalue weighted by atomic mass is 10.1. The topological polar surface area (TPSA) is 15.3 Å². The molecule has 0 aliphatic carbocycles. The van der Waals surface area contributed by atoms with Gasteiger partial charge >= 0.3 is 0 Å². The van der Waals surface area contributed by atoms with Crippen LogP contribution >= 0.6 is 23.2 Å². The van der Waals surface area contributed by atoms with Crippen LogP contribution in [0.5, 0.6) is 0 Å². The fourth-order valence-electron chi connectivity index (χ4n) is 1.92. The second-order valence-corrected chi connectivity index (χ2v) is 4.90. The fraction of sp³-hybridized carbons (Fsp3) is 0.500. The molecule has 4 heteroatoms. The van der Waals surface area contributed by atoms with Crippen LogP contribution in [0.1, 0.15) is 5.56 Å². The van der Waals surface area contributed by atoms with E-state index in [0.29, 0.717) is 10.0 Å². The van der Waals surface area contributed by atoms with E-state index in [1.165, 1.54) is 5.56 Å². The number of piperazine rings is 1. The molecule has 0 saturated carbocycles. The standard InChI is InChI=1S/C12H16Cl2N2/c13-11-2-1-10(9-12(11)14)3-6-16-7-4-15-5-8-16/h1-2,9,15H,3-8H2. The second kappa shape index (κ2) is 5.87. The molecule has 88 valence electrons. The summed E-state index contributed by atoms with van der Waals surface area (Å²) in [4.78, 5) is 2.47. The molecule has 0 spiro atoms. The van der Waals surface area contributed by atoms with Crippen LogP contribution in [-0.4, -0.2) is 37.6 Å². The third-order valence-corrected chi connectivity index (χ3v) is 3.65. The smallest absolute Gasteiger partial charge is 0.0595 e. The summed E-state index contributed by atoms with van der Waals surface area (Å²) in [6, 6.07) is 5.89. The highest BCUT2D eigenvalue weighted by molar-refractivity contribution is 6.42. The number of hydrogen-bond donors (Lipinski definition) is 1. The molecule has 1 aromatic rings. The summed E-state index contributed by atoms with van der Waals surface area (Å²) < 4.78 is 0. The Morgan fingerprint density at radius 2 is 1.88 bits per heavy atom. The van der Waals surface area contributed by atoms with Crippen LogP contribution < -0.4 is 5.32 Å². The third-order valence-electron chi connectivity index (χ3n) is 2.91. The molecular formula is C12H16Cl2N2. The van der Waals surface area contributed by atoms with Crippen LogP contribution in [0.4, 0.5) is 0 Å². The van der Waals surface area contributed by atoms with Crippen LogP contribution in [-0.2, 0) is 6.42 Å². The molecule has 2 nitrogen and oxygen atoms in total. The van der Waals surface area contributed by atoms with Gasteiger partial charge in [0.25, 0.3) is 0 Å². The Hall–Kier alpha value is -0.280. The molecule has 0 aromatic heterocycles. The van der Waals surface area contributed by atoms with Crippen molar-refractivity contribution in [2.75, 3.05) is 32.7 Å². The summed E-state index contributed by atoms with van der Waals surface area (Å²) in [7, 11) is 0. The molecule has 1 aromatic carbocycles. The normalized spacial score (nSPS) is 17.6. The van der Waals surface area contributed by atoms with Gasteiger partial charge in [0.05, 0.1) is 10.0 Å². The Bertz CT molecular complexity index is 349. The molecule has 0 amide bonds. The zero-order chi connectivity index (χ0) is 11.4. The maximum Gasteiger partial charge on any atom is 0.0595 e. The lowest BCUT2D eigenvalue weighted by Crippen LogP contribution is -2.44. The van der Waals surface area contributed by atoms with Crippen molar-refractivity contribution in [1.82, 2.24) is 10.2 Å². The van der Waals surface area contributed by atoms with Gasteiger partial charge in [-0.3, -0.25) is 0 Å². The molecule has 1 N–H and O–H groups in total. The van der Waals surface area contributed by atoms with Crippen molar-refractivity contribution in [3.8, 4) is 0 Å². The molecule has 1 fully saturated rings. The van der Waals surface area contributed by atoms with Crippen LogP contribution in [0.15, 0.2) is 18.2 Å². The Labute approximate surface area is 107 Å². The third kappa shape index (κ3) is 3.36. The van der Waals surface area contributed by atoms with Crippen molar-refractivity contribution in [1.29, 1.82) is 0 Å². The first-order chi connectivity index (χ1) is 7.75. The molecular weight excluding hydrogens is 243 g/mol. The minimum absolute atomic E-state index is 0.632. The summed E-state index contributed by atoms with van der Waals surface area (Å²) in [5.74, 6) is 0. The van der Waals surface area contributed by atoms with E-state index >= 15 is 0 Å². The number of halogens is 2. The second-order valence-electron chi connectivity index (χ2n) is 4.09. The van der Waals surface area contributed by atoms with Gasteiger partial charge in [-0.1, -0.05) is 29.3 Å². The molecule has 1 heterocycles. The van der Waals surface area contributed by atoms with E-state index in [2.05, 4.69) is 16.3 Å². The highest BCUT2D eigenvalue weighted by Gasteiger charge is 2.09. The number of benzene rings is 1. The predicted molar refractivity (Wildman–Crippen MR) is 69.5 cm³/mol. The van der Waals surface area contributed by atoms with Crippen LogP contribution in [0.2, 0.25) is 10.0 Å². The Balaban J connectivity index is 1.86. The van der Waals surface area contributed by atoms with Crippen LogP contribution in [0.3, 0.4) is 0 Å². The van der Waals surface area contributed by atoms with Gasteiger partial charge in [-0.2, -0.15) is 0 Å². The molecule has 0 atom stereocenters. The SMILES string of the molecule is Clc1ccc(CCN2CCNCC2)cc1Cl. The molecule has 1 aliphatic rings. The lowest BCUT2D eigenvalue weighted by Gasteiger charge is -2.27. The minimum atomic E-state index is 0.632. The summed E-state index contributed by atoms with van der Waals surface area (Å²) >= 11 is 11.9.